The van der Waals surface area contributed by atoms with Gasteiger partial charge in [-0.3, -0.25) is 0 Å². The molecule has 1 N–H and O–H groups in total. The molecule has 41 heavy (non-hydrogen) atoms. The first-order valence-corrected chi connectivity index (χ1v) is 15.2. The molecular formula is C35H42FNO4. The summed E-state index contributed by atoms with van der Waals surface area (Å²) in [7, 11) is 3.37. The number of benzene rings is 3. The molecule has 3 aromatic rings. The van der Waals surface area contributed by atoms with Crippen molar-refractivity contribution in [1.29, 1.82) is 0 Å². The second-order valence-electron chi connectivity index (χ2n) is 11.9. The van der Waals surface area contributed by atoms with Crippen molar-refractivity contribution < 1.29 is 23.7 Å². The van der Waals surface area contributed by atoms with Gasteiger partial charge in [0.05, 0.1) is 5.69 Å². The number of aromatic hydroxyl groups is 1. The Labute approximate surface area is 243 Å². The number of phenols is 1. The smallest absolute Gasteiger partial charge is 0.159 e. The maximum absolute atomic E-state index is 15.9. The van der Waals surface area contributed by atoms with Gasteiger partial charge >= 0.3 is 0 Å². The Kier molecular flexibility index (Phi) is 8.61. The van der Waals surface area contributed by atoms with Crippen LogP contribution in [-0.4, -0.2) is 51.9 Å². The van der Waals surface area contributed by atoms with Crippen LogP contribution in [0.3, 0.4) is 0 Å². The molecule has 0 amide bonds. The van der Waals surface area contributed by atoms with Crippen LogP contribution < -0.4 is 4.90 Å². The number of fused-ring (bicyclic) bond motifs is 1. The van der Waals surface area contributed by atoms with Crippen LogP contribution >= 0.6 is 0 Å². The van der Waals surface area contributed by atoms with Crippen LogP contribution in [0.4, 0.5) is 10.1 Å². The molecule has 6 rings (SSSR count). The third-order valence-electron chi connectivity index (χ3n) is 9.80. The maximum atomic E-state index is 15.9. The van der Waals surface area contributed by atoms with Crippen molar-refractivity contribution in [3.05, 3.63) is 83.2 Å². The summed E-state index contributed by atoms with van der Waals surface area (Å²) in [5.41, 5.74) is 6.22. The molecule has 2 aliphatic heterocycles. The number of phenolic OH excluding ortho intramolecular Hbond substituents is 1. The van der Waals surface area contributed by atoms with Gasteiger partial charge in [-0.2, -0.15) is 0 Å². The Hall–Kier alpha value is -2.93. The number of halogens is 1. The van der Waals surface area contributed by atoms with Crippen molar-refractivity contribution in [2.45, 2.75) is 50.7 Å². The second-order valence-corrected chi connectivity index (χ2v) is 11.9. The van der Waals surface area contributed by atoms with Crippen molar-refractivity contribution >= 4 is 5.69 Å². The van der Waals surface area contributed by atoms with E-state index in [0.717, 1.165) is 81.5 Å². The highest BCUT2D eigenvalue weighted by molar-refractivity contribution is 5.71. The van der Waals surface area contributed by atoms with Crippen molar-refractivity contribution in [1.82, 2.24) is 0 Å². The molecule has 1 aliphatic carbocycles. The largest absolute Gasteiger partial charge is 0.507 e. The van der Waals surface area contributed by atoms with Crippen LogP contribution in [0.1, 0.15) is 54.7 Å². The van der Waals surface area contributed by atoms with Gasteiger partial charge in [-0.25, -0.2) is 4.39 Å². The third kappa shape index (κ3) is 5.75. The second kappa shape index (κ2) is 12.5. The standard InChI is InChI=1S/C35H42FNO4/c1-39-35(40-2)24-13-17-37(18-14-24)32-12-9-27(22-31(32)36)34-29(23-15-19-41-20-16-23)10-8-26-21-25(7-11-30(26)34)28-5-3-4-6-33(28)38/h3-7,9,11-12,21-24,29,34-35,38H,8,10,13-20H2,1-2H3/t29-,34+/m1/s1. The minimum atomic E-state index is -0.204. The molecule has 0 aromatic heterocycles. The lowest BCUT2D eigenvalue weighted by atomic mass is 9.65. The number of nitrogens with zero attached hydrogens (tertiary/aromatic N) is 1. The zero-order valence-corrected chi connectivity index (χ0v) is 24.2. The van der Waals surface area contributed by atoms with E-state index in [0.29, 0.717) is 29.2 Å². The van der Waals surface area contributed by atoms with Crippen LogP contribution in [0.25, 0.3) is 11.1 Å². The zero-order valence-electron chi connectivity index (χ0n) is 24.2. The van der Waals surface area contributed by atoms with Gasteiger partial charge in [-0.15, -0.1) is 0 Å². The van der Waals surface area contributed by atoms with Crippen LogP contribution in [0, 0.1) is 23.6 Å². The summed E-state index contributed by atoms with van der Waals surface area (Å²) in [5, 5.41) is 10.5. The molecule has 3 aromatic carbocycles. The van der Waals surface area contributed by atoms with E-state index in [1.165, 1.54) is 11.1 Å². The van der Waals surface area contributed by atoms with E-state index in [4.69, 9.17) is 14.2 Å². The molecule has 2 fully saturated rings. The Morgan fingerprint density at radius 1 is 0.902 bits per heavy atom. The minimum absolute atomic E-state index is 0.138. The lowest BCUT2D eigenvalue weighted by Crippen LogP contribution is -2.39. The van der Waals surface area contributed by atoms with E-state index >= 15 is 4.39 Å². The van der Waals surface area contributed by atoms with Crippen LogP contribution in [0.5, 0.6) is 5.75 Å². The average molecular weight is 560 g/mol. The molecule has 2 heterocycles. The van der Waals surface area contributed by atoms with Crippen LogP contribution in [0.15, 0.2) is 60.7 Å². The summed E-state index contributed by atoms with van der Waals surface area (Å²) >= 11 is 0. The number of rotatable bonds is 7. The van der Waals surface area contributed by atoms with Gasteiger partial charge < -0.3 is 24.2 Å². The number of hydrogen-bond donors (Lipinski definition) is 1. The molecule has 0 unspecified atom stereocenters. The summed E-state index contributed by atoms with van der Waals surface area (Å²) in [5.74, 6) is 1.63. The predicted molar refractivity (Wildman–Crippen MR) is 160 cm³/mol. The molecule has 0 spiro atoms. The van der Waals surface area contributed by atoms with Gasteiger partial charge in [-0.05, 0) is 90.8 Å². The van der Waals surface area contributed by atoms with Crippen molar-refractivity contribution in [2.75, 3.05) is 45.4 Å². The maximum Gasteiger partial charge on any atom is 0.159 e. The first-order chi connectivity index (χ1) is 20.1. The number of ether oxygens (including phenoxy) is 3. The number of hydrogen-bond acceptors (Lipinski definition) is 5. The number of anilines is 1. The topological polar surface area (TPSA) is 51.2 Å². The number of methoxy groups -OCH3 is 2. The van der Waals surface area contributed by atoms with Gasteiger partial charge in [0.1, 0.15) is 11.6 Å². The molecule has 2 atom stereocenters. The van der Waals surface area contributed by atoms with Gasteiger partial charge in [0.25, 0.3) is 0 Å². The average Bonchev–Trinajstić information content (AvgIpc) is 3.02. The lowest BCUT2D eigenvalue weighted by molar-refractivity contribution is -0.141. The van der Waals surface area contributed by atoms with E-state index in [9.17, 15) is 5.11 Å². The Morgan fingerprint density at radius 3 is 2.37 bits per heavy atom. The molecule has 218 valence electrons. The highest BCUT2D eigenvalue weighted by Gasteiger charge is 2.37. The number of aryl methyl sites for hydroxylation is 1. The molecule has 0 saturated carbocycles. The lowest BCUT2D eigenvalue weighted by Gasteiger charge is -2.41. The van der Waals surface area contributed by atoms with Gasteiger partial charge in [0.15, 0.2) is 6.29 Å². The Balaban J connectivity index is 1.30. The number of para-hydroxylation sites is 1. The van der Waals surface area contributed by atoms with Crippen molar-refractivity contribution in [3.8, 4) is 16.9 Å². The first kappa shape index (κ1) is 28.2. The van der Waals surface area contributed by atoms with E-state index in [2.05, 4.69) is 29.2 Å². The van der Waals surface area contributed by atoms with Crippen LogP contribution in [0.2, 0.25) is 0 Å². The molecule has 0 bridgehead atoms. The molecule has 3 aliphatic rings. The van der Waals surface area contributed by atoms with Crippen molar-refractivity contribution in [2.24, 2.45) is 17.8 Å². The summed E-state index contributed by atoms with van der Waals surface area (Å²) < 4.78 is 32.6. The summed E-state index contributed by atoms with van der Waals surface area (Å²) in [6.45, 7) is 3.19. The molecule has 0 radical (unpaired) electrons. The normalized spacial score (nSPS) is 22.2. The first-order valence-electron chi connectivity index (χ1n) is 15.2. The minimum Gasteiger partial charge on any atom is -0.507 e. The van der Waals surface area contributed by atoms with Gasteiger partial charge in [-0.1, -0.05) is 42.5 Å². The van der Waals surface area contributed by atoms with Crippen LogP contribution in [-0.2, 0) is 20.6 Å². The van der Waals surface area contributed by atoms with Crippen molar-refractivity contribution in [3.63, 3.8) is 0 Å². The fraction of sp³-hybridized carbons (Fsp3) is 0.486. The monoisotopic (exact) mass is 559 g/mol. The van der Waals surface area contributed by atoms with Gasteiger partial charge in [0, 0.05) is 57.9 Å². The molecule has 2 saturated heterocycles. The Morgan fingerprint density at radius 2 is 1.66 bits per heavy atom. The molecular weight excluding hydrogens is 517 g/mol. The van der Waals surface area contributed by atoms with E-state index in [1.54, 1.807) is 26.4 Å². The molecule has 6 heteroatoms. The summed E-state index contributed by atoms with van der Waals surface area (Å²) in [4.78, 5) is 2.17. The fourth-order valence-corrected chi connectivity index (χ4v) is 7.68. The van der Waals surface area contributed by atoms with E-state index in [1.807, 2.05) is 24.3 Å². The summed E-state index contributed by atoms with van der Waals surface area (Å²) in [6.07, 6.45) is 5.81. The quantitative estimate of drug-likeness (QED) is 0.312. The van der Waals surface area contributed by atoms with Gasteiger partial charge in [0.2, 0.25) is 0 Å². The summed E-state index contributed by atoms with van der Waals surface area (Å²) in [6, 6.07) is 20.1. The highest BCUT2D eigenvalue weighted by Crippen LogP contribution is 2.48. The molecule has 5 nitrogen and oxygen atoms in total. The third-order valence-corrected chi connectivity index (χ3v) is 9.80. The zero-order chi connectivity index (χ0) is 28.3. The SMILES string of the molecule is COC(OC)C1CCN(c2ccc([C@@H]3c4ccc(-c5ccccc5O)cc4CC[C@@H]3C3CCOCC3)cc2F)CC1. The van der Waals surface area contributed by atoms with E-state index < -0.39 is 0 Å². The number of piperidine rings is 1. The predicted octanol–water partition coefficient (Wildman–Crippen LogP) is 7.15. The Bertz CT molecular complexity index is 1330. The highest BCUT2D eigenvalue weighted by atomic mass is 19.1. The van der Waals surface area contributed by atoms with E-state index in [-0.39, 0.29) is 18.0 Å². The fourth-order valence-electron chi connectivity index (χ4n) is 7.68.